The highest BCUT2D eigenvalue weighted by Crippen LogP contribution is 2.21. The zero-order valence-corrected chi connectivity index (χ0v) is 13.7. The number of carbonyl (C=O) groups excluding carboxylic acids is 1. The molecule has 126 valence electrons. The molecule has 24 heavy (non-hydrogen) atoms. The first-order valence-corrected chi connectivity index (χ1v) is 8.25. The van der Waals surface area contributed by atoms with Crippen LogP contribution in [0.4, 0.5) is 10.3 Å². The van der Waals surface area contributed by atoms with Crippen molar-refractivity contribution in [3.8, 4) is 0 Å². The van der Waals surface area contributed by atoms with Gasteiger partial charge >= 0.3 is 0 Å². The summed E-state index contributed by atoms with van der Waals surface area (Å²) >= 11 is 0. The number of anilines is 1. The molecule has 0 saturated heterocycles. The molecule has 2 aromatic rings. The fraction of sp³-hybridized carbons (Fsp3) is 0.389. The topological polar surface area (TPSA) is 66.9 Å². The van der Waals surface area contributed by atoms with Gasteiger partial charge in [-0.05, 0) is 31.9 Å². The second-order valence-electron chi connectivity index (χ2n) is 6.12. The first-order chi connectivity index (χ1) is 11.6. The molecule has 0 bridgehead atoms. The highest BCUT2D eigenvalue weighted by atomic mass is 19.1. The molecule has 2 N–H and O–H groups in total. The summed E-state index contributed by atoms with van der Waals surface area (Å²) in [4.78, 5) is 21.0. The van der Waals surface area contributed by atoms with Crippen LogP contribution in [0.15, 0.2) is 30.3 Å². The quantitative estimate of drug-likeness (QED) is 0.884. The Morgan fingerprint density at radius 1 is 1.25 bits per heavy atom. The van der Waals surface area contributed by atoms with Crippen LogP contribution in [0.2, 0.25) is 0 Å². The molecule has 0 unspecified atom stereocenters. The SMILES string of the molecule is Cc1cc(C(=O)NCc2ccccc2F)nc(NC2CCCC2)n1. The molecule has 0 spiro atoms. The minimum atomic E-state index is -0.335. The number of aryl methyl sites for hydroxylation is 1. The van der Waals surface area contributed by atoms with Gasteiger partial charge in [-0.1, -0.05) is 31.0 Å². The highest BCUT2D eigenvalue weighted by molar-refractivity contribution is 5.92. The number of nitrogens with one attached hydrogen (secondary N) is 2. The van der Waals surface area contributed by atoms with Crippen LogP contribution in [0, 0.1) is 12.7 Å². The predicted molar refractivity (Wildman–Crippen MR) is 90.2 cm³/mol. The van der Waals surface area contributed by atoms with Crippen molar-refractivity contribution in [1.29, 1.82) is 0 Å². The van der Waals surface area contributed by atoms with Crippen LogP contribution < -0.4 is 10.6 Å². The minimum Gasteiger partial charge on any atom is -0.351 e. The number of rotatable bonds is 5. The number of amides is 1. The van der Waals surface area contributed by atoms with Crippen molar-refractivity contribution in [2.75, 3.05) is 5.32 Å². The van der Waals surface area contributed by atoms with Crippen molar-refractivity contribution in [3.05, 3.63) is 53.1 Å². The van der Waals surface area contributed by atoms with Gasteiger partial charge in [-0.2, -0.15) is 0 Å². The summed E-state index contributed by atoms with van der Waals surface area (Å²) in [5.74, 6) is -0.184. The summed E-state index contributed by atoms with van der Waals surface area (Å²) in [6.07, 6.45) is 4.62. The number of halogens is 1. The fourth-order valence-corrected chi connectivity index (χ4v) is 2.91. The molecule has 1 aliphatic rings. The number of nitrogens with zero attached hydrogens (tertiary/aromatic N) is 2. The molecule has 3 rings (SSSR count). The van der Waals surface area contributed by atoms with Gasteiger partial charge in [0.1, 0.15) is 11.5 Å². The lowest BCUT2D eigenvalue weighted by molar-refractivity contribution is 0.0945. The van der Waals surface area contributed by atoms with Crippen LogP contribution >= 0.6 is 0 Å². The number of carbonyl (C=O) groups is 1. The summed E-state index contributed by atoms with van der Waals surface area (Å²) in [6.45, 7) is 1.95. The average Bonchev–Trinajstić information content (AvgIpc) is 3.06. The van der Waals surface area contributed by atoms with Crippen molar-refractivity contribution < 1.29 is 9.18 Å². The summed E-state index contributed by atoms with van der Waals surface area (Å²) < 4.78 is 13.6. The van der Waals surface area contributed by atoms with Crippen LogP contribution in [0.5, 0.6) is 0 Å². The molecule has 0 aliphatic heterocycles. The molecular weight excluding hydrogens is 307 g/mol. The Bertz CT molecular complexity index is 729. The molecule has 5 nitrogen and oxygen atoms in total. The van der Waals surface area contributed by atoms with Gasteiger partial charge in [-0.25, -0.2) is 14.4 Å². The molecule has 0 atom stereocenters. The third-order valence-electron chi connectivity index (χ3n) is 4.17. The molecule has 1 heterocycles. The monoisotopic (exact) mass is 328 g/mol. The van der Waals surface area contributed by atoms with Crippen LogP contribution in [-0.2, 0) is 6.54 Å². The third kappa shape index (κ3) is 4.07. The van der Waals surface area contributed by atoms with Crippen LogP contribution in [0.3, 0.4) is 0 Å². The molecule has 1 aromatic heterocycles. The lowest BCUT2D eigenvalue weighted by Gasteiger charge is -2.13. The molecule has 1 saturated carbocycles. The fourth-order valence-electron chi connectivity index (χ4n) is 2.91. The smallest absolute Gasteiger partial charge is 0.270 e. The first kappa shape index (κ1) is 16.4. The Balaban J connectivity index is 1.67. The lowest BCUT2D eigenvalue weighted by Crippen LogP contribution is -2.25. The van der Waals surface area contributed by atoms with E-state index < -0.39 is 0 Å². The second-order valence-corrected chi connectivity index (χ2v) is 6.12. The Kier molecular flexibility index (Phi) is 5.03. The molecule has 1 aliphatic carbocycles. The van der Waals surface area contributed by atoms with Crippen molar-refractivity contribution in [1.82, 2.24) is 15.3 Å². The van der Waals surface area contributed by atoms with Gasteiger partial charge < -0.3 is 10.6 Å². The standard InChI is InChI=1S/C18H21FN4O/c1-12-10-16(23-18(21-12)22-14-7-3-4-8-14)17(24)20-11-13-6-2-5-9-15(13)19/h2,5-6,9-10,14H,3-4,7-8,11H2,1H3,(H,20,24)(H,21,22,23). The largest absolute Gasteiger partial charge is 0.351 e. The summed E-state index contributed by atoms with van der Waals surface area (Å²) in [6, 6.07) is 8.39. The number of hydrogen-bond acceptors (Lipinski definition) is 4. The zero-order chi connectivity index (χ0) is 16.9. The summed E-state index contributed by atoms with van der Waals surface area (Å²) in [5.41, 5.74) is 1.46. The van der Waals surface area contributed by atoms with E-state index in [1.165, 1.54) is 18.9 Å². The van der Waals surface area contributed by atoms with Gasteiger partial charge in [-0.3, -0.25) is 4.79 Å². The minimum absolute atomic E-state index is 0.125. The Labute approximate surface area is 140 Å². The normalized spacial score (nSPS) is 14.6. The molecule has 1 fully saturated rings. The van der Waals surface area contributed by atoms with Gasteiger partial charge in [0, 0.05) is 23.8 Å². The van der Waals surface area contributed by atoms with Crippen molar-refractivity contribution in [3.63, 3.8) is 0 Å². The van der Waals surface area contributed by atoms with Crippen LogP contribution in [0.1, 0.15) is 47.4 Å². The lowest BCUT2D eigenvalue weighted by atomic mass is 10.2. The Hall–Kier alpha value is -2.50. The van der Waals surface area contributed by atoms with E-state index in [9.17, 15) is 9.18 Å². The summed E-state index contributed by atoms with van der Waals surface area (Å²) in [7, 11) is 0. The molecule has 0 radical (unpaired) electrons. The average molecular weight is 328 g/mol. The number of hydrogen-bond donors (Lipinski definition) is 2. The van der Waals surface area contributed by atoms with Gasteiger partial charge in [0.05, 0.1) is 0 Å². The number of benzene rings is 1. The van der Waals surface area contributed by atoms with E-state index >= 15 is 0 Å². The maximum absolute atomic E-state index is 13.6. The molecule has 1 aromatic carbocycles. The molecule has 6 heteroatoms. The van der Waals surface area contributed by atoms with E-state index in [1.54, 1.807) is 24.3 Å². The van der Waals surface area contributed by atoms with Gasteiger partial charge in [-0.15, -0.1) is 0 Å². The van der Waals surface area contributed by atoms with E-state index in [2.05, 4.69) is 20.6 Å². The maximum atomic E-state index is 13.6. The first-order valence-electron chi connectivity index (χ1n) is 8.25. The van der Waals surface area contributed by atoms with Gasteiger partial charge in [0.25, 0.3) is 5.91 Å². The van der Waals surface area contributed by atoms with E-state index in [0.717, 1.165) is 18.5 Å². The van der Waals surface area contributed by atoms with Crippen molar-refractivity contribution in [2.45, 2.75) is 45.2 Å². The maximum Gasteiger partial charge on any atom is 0.270 e. The van der Waals surface area contributed by atoms with Gasteiger partial charge in [0.15, 0.2) is 0 Å². The Morgan fingerprint density at radius 3 is 2.75 bits per heavy atom. The van der Waals surface area contributed by atoms with E-state index in [1.807, 2.05) is 6.92 Å². The van der Waals surface area contributed by atoms with Crippen LogP contribution in [0.25, 0.3) is 0 Å². The Morgan fingerprint density at radius 2 is 2.00 bits per heavy atom. The molecule has 1 amide bonds. The summed E-state index contributed by atoms with van der Waals surface area (Å²) in [5, 5.41) is 6.00. The second kappa shape index (κ2) is 7.38. The highest BCUT2D eigenvalue weighted by Gasteiger charge is 2.17. The van der Waals surface area contributed by atoms with Crippen molar-refractivity contribution >= 4 is 11.9 Å². The number of aromatic nitrogens is 2. The third-order valence-corrected chi connectivity index (χ3v) is 4.17. The predicted octanol–water partition coefficient (Wildman–Crippen LogP) is 3.21. The molecular formula is C18H21FN4O. The zero-order valence-electron chi connectivity index (χ0n) is 13.7. The van der Waals surface area contributed by atoms with Gasteiger partial charge in [0.2, 0.25) is 5.95 Å². The van der Waals surface area contributed by atoms with E-state index in [4.69, 9.17) is 0 Å². The van der Waals surface area contributed by atoms with E-state index in [-0.39, 0.29) is 18.3 Å². The van der Waals surface area contributed by atoms with Crippen molar-refractivity contribution in [2.24, 2.45) is 0 Å². The van der Waals surface area contributed by atoms with E-state index in [0.29, 0.717) is 23.2 Å². The van der Waals surface area contributed by atoms with Crippen LogP contribution in [-0.4, -0.2) is 21.9 Å².